The quantitative estimate of drug-likeness (QED) is 0.616. The van der Waals surface area contributed by atoms with Gasteiger partial charge in [0.2, 0.25) is 0 Å². The van der Waals surface area contributed by atoms with Gasteiger partial charge < -0.3 is 10.0 Å². The van der Waals surface area contributed by atoms with E-state index in [9.17, 15) is 13.2 Å². The van der Waals surface area contributed by atoms with Crippen LogP contribution < -0.4 is 5.46 Å². The number of nitrogens with zero attached hydrogens (tertiary/aromatic N) is 1. The maximum Gasteiger partial charge on any atom is 0.491 e. The van der Waals surface area contributed by atoms with Crippen molar-refractivity contribution >= 4 is 12.6 Å². The lowest BCUT2D eigenvalue weighted by molar-refractivity contribution is 0.415. The standard InChI is InChI=1S/C11H7BF3NO2/c13-9-6(8-3-1-2-4-16-8)5-7(12(17)18)10(14)11(9)15/h1-5,17-18H. The zero-order chi connectivity index (χ0) is 13.3. The second kappa shape index (κ2) is 4.79. The van der Waals surface area contributed by atoms with Crippen molar-refractivity contribution in [1.29, 1.82) is 0 Å². The fourth-order valence-electron chi connectivity index (χ4n) is 1.52. The van der Waals surface area contributed by atoms with Crippen molar-refractivity contribution in [2.45, 2.75) is 0 Å². The Morgan fingerprint density at radius 3 is 2.28 bits per heavy atom. The van der Waals surface area contributed by atoms with Gasteiger partial charge in [-0.1, -0.05) is 6.07 Å². The first-order valence-electron chi connectivity index (χ1n) is 4.97. The normalized spacial score (nSPS) is 10.5. The fraction of sp³-hybridized carbons (Fsp3) is 0. The zero-order valence-electron chi connectivity index (χ0n) is 8.94. The second-order valence-corrected chi connectivity index (χ2v) is 3.54. The minimum absolute atomic E-state index is 0.0656. The number of halogens is 3. The Balaban J connectivity index is 2.69. The molecule has 1 aromatic carbocycles. The number of rotatable bonds is 2. The summed E-state index contributed by atoms with van der Waals surface area (Å²) in [6, 6.07) is 5.32. The molecule has 1 heterocycles. The maximum absolute atomic E-state index is 13.6. The van der Waals surface area contributed by atoms with Crippen LogP contribution in [0.5, 0.6) is 0 Å². The lowest BCUT2D eigenvalue weighted by atomic mass is 9.78. The van der Waals surface area contributed by atoms with Gasteiger partial charge in [0.05, 0.1) is 5.69 Å². The van der Waals surface area contributed by atoms with Gasteiger partial charge in [0, 0.05) is 17.2 Å². The molecular weight excluding hydrogens is 246 g/mol. The van der Waals surface area contributed by atoms with Crippen LogP contribution in [0.25, 0.3) is 11.3 Å². The van der Waals surface area contributed by atoms with Gasteiger partial charge in [0.15, 0.2) is 17.5 Å². The number of aromatic nitrogens is 1. The Morgan fingerprint density at radius 1 is 1.00 bits per heavy atom. The predicted molar refractivity (Wildman–Crippen MR) is 59.4 cm³/mol. The Morgan fingerprint density at radius 2 is 1.72 bits per heavy atom. The SMILES string of the molecule is OB(O)c1cc(-c2ccccn2)c(F)c(F)c1F. The molecule has 2 aromatic rings. The van der Waals surface area contributed by atoms with E-state index in [0.29, 0.717) is 0 Å². The largest absolute Gasteiger partial charge is 0.491 e. The molecule has 0 unspecified atom stereocenters. The summed E-state index contributed by atoms with van der Waals surface area (Å²) < 4.78 is 40.1. The van der Waals surface area contributed by atoms with E-state index < -0.39 is 30.0 Å². The van der Waals surface area contributed by atoms with Gasteiger partial charge >= 0.3 is 7.12 Å². The van der Waals surface area contributed by atoms with Gasteiger partial charge in [-0.25, -0.2) is 13.2 Å². The molecule has 2 rings (SSSR count). The highest BCUT2D eigenvalue weighted by Crippen LogP contribution is 2.23. The molecule has 0 radical (unpaired) electrons. The molecule has 0 aliphatic rings. The van der Waals surface area contributed by atoms with Crippen LogP contribution in [-0.2, 0) is 0 Å². The monoisotopic (exact) mass is 253 g/mol. The molecule has 0 atom stereocenters. The third-order valence-electron chi connectivity index (χ3n) is 2.39. The van der Waals surface area contributed by atoms with Gasteiger partial charge in [-0.3, -0.25) is 4.98 Å². The lowest BCUT2D eigenvalue weighted by Gasteiger charge is -2.08. The van der Waals surface area contributed by atoms with Crippen molar-refractivity contribution < 1.29 is 23.2 Å². The van der Waals surface area contributed by atoms with E-state index in [0.717, 1.165) is 6.07 Å². The van der Waals surface area contributed by atoms with E-state index in [1.807, 2.05) is 0 Å². The summed E-state index contributed by atoms with van der Waals surface area (Å²) in [6.45, 7) is 0. The molecule has 0 aliphatic carbocycles. The molecule has 3 nitrogen and oxygen atoms in total. The summed E-state index contributed by atoms with van der Waals surface area (Å²) in [5.74, 6) is -4.81. The first kappa shape index (κ1) is 12.6. The Bertz CT molecular complexity index is 578. The van der Waals surface area contributed by atoms with E-state index in [1.54, 1.807) is 6.07 Å². The van der Waals surface area contributed by atoms with E-state index in [1.165, 1.54) is 18.3 Å². The van der Waals surface area contributed by atoms with Crippen LogP contribution in [0.1, 0.15) is 0 Å². The van der Waals surface area contributed by atoms with Crippen molar-refractivity contribution in [3.8, 4) is 11.3 Å². The minimum Gasteiger partial charge on any atom is -0.423 e. The first-order chi connectivity index (χ1) is 8.52. The van der Waals surface area contributed by atoms with Crippen LogP contribution in [0, 0.1) is 17.5 Å². The van der Waals surface area contributed by atoms with Gasteiger partial charge in [-0.2, -0.15) is 0 Å². The summed E-state index contributed by atoms with van der Waals surface area (Å²) in [5, 5.41) is 17.8. The minimum atomic E-state index is -2.23. The maximum atomic E-state index is 13.6. The average molecular weight is 253 g/mol. The molecule has 0 aliphatic heterocycles. The highest BCUT2D eigenvalue weighted by Gasteiger charge is 2.25. The molecule has 0 saturated carbocycles. The third kappa shape index (κ3) is 2.10. The molecule has 1 aromatic heterocycles. The summed E-state index contributed by atoms with van der Waals surface area (Å²) in [7, 11) is -2.23. The van der Waals surface area contributed by atoms with Crippen molar-refractivity contribution in [2.24, 2.45) is 0 Å². The van der Waals surface area contributed by atoms with E-state index >= 15 is 0 Å². The van der Waals surface area contributed by atoms with Crippen LogP contribution >= 0.6 is 0 Å². The number of benzene rings is 1. The smallest absolute Gasteiger partial charge is 0.423 e. The zero-order valence-corrected chi connectivity index (χ0v) is 8.94. The Labute approximate surface area is 101 Å². The second-order valence-electron chi connectivity index (χ2n) is 3.54. The highest BCUT2D eigenvalue weighted by molar-refractivity contribution is 6.58. The summed E-state index contributed by atoms with van der Waals surface area (Å²) in [4.78, 5) is 3.79. The van der Waals surface area contributed by atoms with Crippen LogP contribution in [0.4, 0.5) is 13.2 Å². The number of hydrogen-bond acceptors (Lipinski definition) is 3. The van der Waals surface area contributed by atoms with Gasteiger partial charge in [0.25, 0.3) is 0 Å². The van der Waals surface area contributed by atoms with Crippen molar-refractivity contribution in [2.75, 3.05) is 0 Å². The third-order valence-corrected chi connectivity index (χ3v) is 2.39. The molecule has 0 saturated heterocycles. The molecule has 0 fully saturated rings. The Kier molecular flexibility index (Phi) is 3.35. The van der Waals surface area contributed by atoms with Crippen molar-refractivity contribution in [1.82, 2.24) is 4.98 Å². The first-order valence-corrected chi connectivity index (χ1v) is 4.97. The van der Waals surface area contributed by atoms with Crippen LogP contribution in [0.15, 0.2) is 30.5 Å². The highest BCUT2D eigenvalue weighted by atomic mass is 19.2. The number of pyridine rings is 1. The molecule has 7 heteroatoms. The van der Waals surface area contributed by atoms with Gasteiger partial charge in [-0.05, 0) is 18.2 Å². The Hall–Kier alpha value is -1.86. The van der Waals surface area contributed by atoms with Crippen LogP contribution in [0.2, 0.25) is 0 Å². The molecule has 2 N–H and O–H groups in total. The van der Waals surface area contributed by atoms with Crippen LogP contribution in [-0.4, -0.2) is 22.2 Å². The predicted octanol–water partition coefficient (Wildman–Crippen LogP) is 0.846. The van der Waals surface area contributed by atoms with Gasteiger partial charge in [-0.15, -0.1) is 0 Å². The van der Waals surface area contributed by atoms with Crippen molar-refractivity contribution in [3.63, 3.8) is 0 Å². The van der Waals surface area contributed by atoms with E-state index in [2.05, 4.69) is 4.98 Å². The van der Waals surface area contributed by atoms with Crippen molar-refractivity contribution in [3.05, 3.63) is 47.9 Å². The summed E-state index contributed by atoms with van der Waals surface area (Å²) in [6.07, 6.45) is 1.35. The van der Waals surface area contributed by atoms with E-state index in [-0.39, 0.29) is 11.3 Å². The summed E-state index contributed by atoms with van der Waals surface area (Å²) >= 11 is 0. The fourth-order valence-corrected chi connectivity index (χ4v) is 1.52. The number of hydrogen-bond donors (Lipinski definition) is 2. The molecule has 0 spiro atoms. The van der Waals surface area contributed by atoms with E-state index in [4.69, 9.17) is 10.0 Å². The summed E-state index contributed by atoms with van der Waals surface area (Å²) in [5.41, 5.74) is -1.01. The molecule has 18 heavy (non-hydrogen) atoms. The molecule has 0 bridgehead atoms. The molecular formula is C11H7BF3NO2. The van der Waals surface area contributed by atoms with Gasteiger partial charge in [0.1, 0.15) is 0 Å². The molecule has 0 amide bonds. The molecule has 92 valence electrons. The topological polar surface area (TPSA) is 53.4 Å². The van der Waals surface area contributed by atoms with Crippen LogP contribution in [0.3, 0.4) is 0 Å². The average Bonchev–Trinajstić information content (AvgIpc) is 2.37. The lowest BCUT2D eigenvalue weighted by Crippen LogP contribution is -2.34.